The molecular formula is C28H33N. The van der Waals surface area contributed by atoms with Crippen molar-refractivity contribution in [2.75, 3.05) is 4.90 Å². The van der Waals surface area contributed by atoms with E-state index in [1.165, 1.54) is 39.2 Å². The van der Waals surface area contributed by atoms with E-state index in [4.69, 9.17) is 0 Å². The maximum absolute atomic E-state index is 2.56. The summed E-state index contributed by atoms with van der Waals surface area (Å²) in [4.78, 5) is 2.56. The van der Waals surface area contributed by atoms with Crippen LogP contribution >= 0.6 is 0 Å². The first kappa shape index (κ1) is 19.8. The fourth-order valence-electron chi connectivity index (χ4n) is 5.00. The van der Waals surface area contributed by atoms with Gasteiger partial charge in [-0.1, -0.05) is 82.3 Å². The predicted molar refractivity (Wildman–Crippen MR) is 126 cm³/mol. The van der Waals surface area contributed by atoms with Crippen LogP contribution in [0.1, 0.15) is 71.1 Å². The van der Waals surface area contributed by atoms with Gasteiger partial charge in [0.15, 0.2) is 0 Å². The average Bonchev–Trinajstić information content (AvgIpc) is 2.90. The summed E-state index contributed by atoms with van der Waals surface area (Å²) in [5.41, 5.74) is 9.63. The number of anilines is 2. The molecule has 0 fully saturated rings. The van der Waals surface area contributed by atoms with Crippen LogP contribution in [-0.2, 0) is 5.41 Å². The van der Waals surface area contributed by atoms with Crippen LogP contribution in [0.15, 0.2) is 66.7 Å². The third-order valence-electron chi connectivity index (χ3n) is 6.26. The van der Waals surface area contributed by atoms with E-state index < -0.39 is 0 Å². The van der Waals surface area contributed by atoms with Crippen LogP contribution in [0.3, 0.4) is 0 Å². The van der Waals surface area contributed by atoms with Crippen molar-refractivity contribution in [3.63, 3.8) is 0 Å². The molecule has 150 valence electrons. The van der Waals surface area contributed by atoms with Crippen LogP contribution in [-0.4, -0.2) is 5.54 Å². The third-order valence-corrected chi connectivity index (χ3v) is 6.26. The molecule has 1 aliphatic rings. The number of para-hydroxylation sites is 1. The molecule has 0 N–H and O–H groups in total. The van der Waals surface area contributed by atoms with Crippen molar-refractivity contribution in [1.82, 2.24) is 0 Å². The molecule has 0 amide bonds. The minimum Gasteiger partial charge on any atom is -0.336 e. The molecule has 0 bridgehead atoms. The molecule has 4 rings (SSSR count). The summed E-state index contributed by atoms with van der Waals surface area (Å²) >= 11 is 0. The third kappa shape index (κ3) is 3.08. The van der Waals surface area contributed by atoms with Crippen molar-refractivity contribution < 1.29 is 0 Å². The van der Waals surface area contributed by atoms with Gasteiger partial charge in [-0.3, -0.25) is 0 Å². The zero-order valence-corrected chi connectivity index (χ0v) is 18.9. The highest BCUT2D eigenvalue weighted by molar-refractivity contribution is 5.89. The topological polar surface area (TPSA) is 3.24 Å². The lowest BCUT2D eigenvalue weighted by Gasteiger charge is -2.42. The zero-order chi connectivity index (χ0) is 21.0. The molecule has 0 saturated heterocycles. The van der Waals surface area contributed by atoms with E-state index in [0.717, 1.165) is 0 Å². The van der Waals surface area contributed by atoms with Gasteiger partial charge >= 0.3 is 0 Å². The van der Waals surface area contributed by atoms with Crippen LogP contribution in [0.25, 0.3) is 11.1 Å². The van der Waals surface area contributed by atoms with Gasteiger partial charge in [-0.15, -0.1) is 0 Å². The second-order valence-electron chi connectivity index (χ2n) is 10.1. The van der Waals surface area contributed by atoms with Crippen LogP contribution < -0.4 is 4.90 Å². The van der Waals surface area contributed by atoms with E-state index in [2.05, 4.69) is 120 Å². The van der Waals surface area contributed by atoms with Gasteiger partial charge in [0.1, 0.15) is 0 Å². The summed E-state index contributed by atoms with van der Waals surface area (Å²) in [6.45, 7) is 16.3. The number of hydrogen-bond acceptors (Lipinski definition) is 1. The fourth-order valence-corrected chi connectivity index (χ4v) is 5.00. The standard InChI is InChI=1S/C28H33N/c1-19(2)21-17-18-23-22-15-11-12-16-24(22)28(6,7)25(23)26(21)29(27(3,4)5)20-13-9-8-10-14-20/h8-19H,1-7H3. The van der Waals surface area contributed by atoms with Gasteiger partial charge in [-0.25, -0.2) is 0 Å². The quantitative estimate of drug-likeness (QED) is 0.442. The minimum absolute atomic E-state index is 0.0373. The smallest absolute Gasteiger partial charge is 0.0498 e. The summed E-state index contributed by atoms with van der Waals surface area (Å²) in [5.74, 6) is 0.448. The van der Waals surface area contributed by atoms with Gasteiger partial charge in [0.05, 0.1) is 0 Å². The lowest BCUT2D eigenvalue weighted by atomic mass is 9.78. The van der Waals surface area contributed by atoms with E-state index in [1.807, 2.05) is 0 Å². The fraction of sp³-hybridized carbons (Fsp3) is 0.357. The molecular weight excluding hydrogens is 350 g/mol. The van der Waals surface area contributed by atoms with E-state index in [1.54, 1.807) is 0 Å². The van der Waals surface area contributed by atoms with Gasteiger partial charge in [-0.2, -0.15) is 0 Å². The first-order chi connectivity index (χ1) is 13.6. The molecule has 0 unspecified atom stereocenters. The van der Waals surface area contributed by atoms with E-state index in [0.29, 0.717) is 5.92 Å². The zero-order valence-electron chi connectivity index (χ0n) is 18.9. The molecule has 3 aromatic carbocycles. The summed E-state index contributed by atoms with van der Waals surface area (Å²) in [7, 11) is 0. The highest BCUT2D eigenvalue weighted by atomic mass is 15.2. The molecule has 1 nitrogen and oxygen atoms in total. The first-order valence-electron chi connectivity index (χ1n) is 10.8. The highest BCUT2D eigenvalue weighted by Crippen LogP contribution is 2.55. The minimum atomic E-state index is -0.0506. The normalized spacial score (nSPS) is 14.6. The summed E-state index contributed by atoms with van der Waals surface area (Å²) < 4.78 is 0. The maximum Gasteiger partial charge on any atom is 0.0498 e. The summed E-state index contributed by atoms with van der Waals surface area (Å²) in [6.07, 6.45) is 0. The van der Waals surface area contributed by atoms with Crippen LogP contribution in [0, 0.1) is 0 Å². The molecule has 0 heterocycles. The van der Waals surface area contributed by atoms with E-state index >= 15 is 0 Å². The second kappa shape index (κ2) is 6.76. The molecule has 0 atom stereocenters. The Labute approximate surface area is 176 Å². The number of rotatable bonds is 3. The van der Waals surface area contributed by atoms with Crippen molar-refractivity contribution in [2.24, 2.45) is 0 Å². The van der Waals surface area contributed by atoms with Gasteiger partial charge < -0.3 is 4.90 Å². The van der Waals surface area contributed by atoms with Gasteiger partial charge in [0, 0.05) is 22.3 Å². The lowest BCUT2D eigenvalue weighted by Crippen LogP contribution is -2.39. The maximum atomic E-state index is 2.56. The van der Waals surface area contributed by atoms with Crippen LogP contribution in [0.2, 0.25) is 0 Å². The molecule has 3 aromatic rings. The molecule has 0 radical (unpaired) electrons. The molecule has 0 saturated carbocycles. The number of benzene rings is 3. The summed E-state index contributed by atoms with van der Waals surface area (Å²) in [5, 5.41) is 0. The Morgan fingerprint density at radius 2 is 1.38 bits per heavy atom. The largest absolute Gasteiger partial charge is 0.336 e. The van der Waals surface area contributed by atoms with Gasteiger partial charge in [0.25, 0.3) is 0 Å². The van der Waals surface area contributed by atoms with Gasteiger partial charge in [-0.05, 0) is 66.6 Å². The Hall–Kier alpha value is -2.54. The second-order valence-corrected chi connectivity index (χ2v) is 10.1. The molecule has 29 heavy (non-hydrogen) atoms. The van der Waals surface area contributed by atoms with Crippen molar-refractivity contribution in [3.05, 3.63) is 83.4 Å². The van der Waals surface area contributed by atoms with Crippen LogP contribution in [0.4, 0.5) is 11.4 Å². The van der Waals surface area contributed by atoms with Crippen molar-refractivity contribution >= 4 is 11.4 Å². The molecule has 0 spiro atoms. The number of nitrogens with zero attached hydrogens (tertiary/aromatic N) is 1. The number of fused-ring (bicyclic) bond motifs is 3. The van der Waals surface area contributed by atoms with E-state index in [9.17, 15) is 0 Å². The Kier molecular flexibility index (Phi) is 4.61. The van der Waals surface area contributed by atoms with Crippen LogP contribution in [0.5, 0.6) is 0 Å². The Morgan fingerprint density at radius 1 is 0.759 bits per heavy atom. The van der Waals surface area contributed by atoms with Crippen molar-refractivity contribution in [3.8, 4) is 11.1 Å². The summed E-state index contributed by atoms with van der Waals surface area (Å²) in [6, 6.07) is 24.5. The Bertz CT molecular complexity index is 1040. The number of hydrogen-bond donors (Lipinski definition) is 0. The average molecular weight is 384 g/mol. The highest BCUT2D eigenvalue weighted by Gasteiger charge is 2.41. The molecule has 0 aliphatic heterocycles. The van der Waals surface area contributed by atoms with Gasteiger partial charge in [0.2, 0.25) is 0 Å². The first-order valence-corrected chi connectivity index (χ1v) is 10.8. The van der Waals surface area contributed by atoms with Crippen molar-refractivity contribution in [1.29, 1.82) is 0 Å². The molecule has 0 aromatic heterocycles. The molecule has 1 heteroatoms. The monoisotopic (exact) mass is 383 g/mol. The molecule has 1 aliphatic carbocycles. The Morgan fingerprint density at radius 3 is 2.00 bits per heavy atom. The Balaban J connectivity index is 2.11. The van der Waals surface area contributed by atoms with Crippen molar-refractivity contribution in [2.45, 2.75) is 65.3 Å². The SMILES string of the molecule is CC(C)c1ccc2c(c1N(c1ccccc1)C(C)(C)C)C(C)(C)c1ccccc1-2. The lowest BCUT2D eigenvalue weighted by molar-refractivity contribution is 0.550. The van der Waals surface area contributed by atoms with E-state index in [-0.39, 0.29) is 11.0 Å². The predicted octanol–water partition coefficient (Wildman–Crippen LogP) is 8.05.